The average Bonchev–Trinajstić information content (AvgIpc) is 3.15. The Kier molecular flexibility index (Phi) is 4.37. The van der Waals surface area contributed by atoms with Crippen LogP contribution in [0.4, 0.5) is 0 Å². The molecule has 1 aromatic carbocycles. The molecule has 0 N–H and O–H groups in total. The normalized spacial score (nSPS) is 21.7. The molecule has 3 heteroatoms. The quantitative estimate of drug-likeness (QED) is 0.441. The van der Waals surface area contributed by atoms with Crippen molar-refractivity contribution in [3.05, 3.63) is 35.4 Å². The van der Waals surface area contributed by atoms with Crippen molar-refractivity contribution in [2.75, 3.05) is 6.61 Å². The van der Waals surface area contributed by atoms with E-state index in [9.17, 15) is 4.79 Å². The fourth-order valence-electron chi connectivity index (χ4n) is 1.91. The first-order chi connectivity index (χ1) is 8.72. The van der Waals surface area contributed by atoms with Crippen molar-refractivity contribution in [1.29, 1.82) is 0 Å². The van der Waals surface area contributed by atoms with E-state index in [1.165, 1.54) is 5.56 Å². The van der Waals surface area contributed by atoms with E-state index in [4.69, 9.17) is 9.47 Å². The standard InChI is InChI=1S/C15H20O3/c1-3-4-5-10-17-15(16)14-13(18-14)12-8-6-11(2)7-9-12/h6-9,13-14H,3-5,10H2,1-2H3. The zero-order valence-corrected chi connectivity index (χ0v) is 11.0. The molecule has 18 heavy (non-hydrogen) atoms. The minimum atomic E-state index is -0.394. The summed E-state index contributed by atoms with van der Waals surface area (Å²) in [6, 6.07) is 8.07. The highest BCUT2D eigenvalue weighted by molar-refractivity contribution is 5.78. The number of epoxide rings is 1. The maximum atomic E-state index is 11.7. The fourth-order valence-corrected chi connectivity index (χ4v) is 1.91. The Balaban J connectivity index is 1.76. The molecule has 0 spiro atoms. The average molecular weight is 248 g/mol. The van der Waals surface area contributed by atoms with Crippen molar-refractivity contribution in [2.45, 2.75) is 45.3 Å². The van der Waals surface area contributed by atoms with E-state index in [-0.39, 0.29) is 12.1 Å². The minimum Gasteiger partial charge on any atom is -0.464 e. The molecule has 1 saturated heterocycles. The van der Waals surface area contributed by atoms with Gasteiger partial charge in [-0.05, 0) is 18.9 Å². The Labute approximate surface area is 108 Å². The Hall–Kier alpha value is -1.35. The molecule has 0 radical (unpaired) electrons. The van der Waals surface area contributed by atoms with Crippen LogP contribution in [0.5, 0.6) is 0 Å². The maximum Gasteiger partial charge on any atom is 0.338 e. The third-order valence-electron chi connectivity index (χ3n) is 3.12. The smallest absolute Gasteiger partial charge is 0.338 e. The third kappa shape index (κ3) is 3.33. The first-order valence-electron chi connectivity index (χ1n) is 6.61. The summed E-state index contributed by atoms with van der Waals surface area (Å²) in [5, 5.41) is 0. The van der Waals surface area contributed by atoms with Crippen molar-refractivity contribution < 1.29 is 14.3 Å². The molecule has 1 aliphatic rings. The maximum absolute atomic E-state index is 11.7. The first kappa shape index (κ1) is 13.1. The van der Waals surface area contributed by atoms with Gasteiger partial charge in [-0.1, -0.05) is 49.6 Å². The molecule has 2 rings (SSSR count). The Bertz CT molecular complexity index is 397. The van der Waals surface area contributed by atoms with E-state index >= 15 is 0 Å². The molecule has 2 unspecified atom stereocenters. The molecule has 3 nitrogen and oxygen atoms in total. The van der Waals surface area contributed by atoms with Crippen molar-refractivity contribution in [2.24, 2.45) is 0 Å². The molecule has 0 saturated carbocycles. The summed E-state index contributed by atoms with van der Waals surface area (Å²) in [6.07, 6.45) is 2.66. The predicted octanol–water partition coefficient (Wildman–Crippen LogP) is 3.17. The van der Waals surface area contributed by atoms with Crippen LogP contribution in [0.25, 0.3) is 0 Å². The Morgan fingerprint density at radius 3 is 2.67 bits per heavy atom. The van der Waals surface area contributed by atoms with E-state index in [1.807, 2.05) is 31.2 Å². The lowest BCUT2D eigenvalue weighted by atomic mass is 10.1. The highest BCUT2D eigenvalue weighted by Crippen LogP contribution is 2.39. The topological polar surface area (TPSA) is 38.8 Å². The van der Waals surface area contributed by atoms with Gasteiger partial charge in [0.05, 0.1) is 6.61 Å². The van der Waals surface area contributed by atoms with E-state index in [1.54, 1.807) is 0 Å². The van der Waals surface area contributed by atoms with Crippen LogP contribution in [0.2, 0.25) is 0 Å². The molecule has 0 amide bonds. The van der Waals surface area contributed by atoms with Gasteiger partial charge in [-0.2, -0.15) is 0 Å². The monoisotopic (exact) mass is 248 g/mol. The molecule has 98 valence electrons. The second-order valence-electron chi connectivity index (χ2n) is 4.76. The van der Waals surface area contributed by atoms with Crippen LogP contribution in [-0.2, 0) is 14.3 Å². The van der Waals surface area contributed by atoms with Crippen molar-refractivity contribution in [3.63, 3.8) is 0 Å². The highest BCUT2D eigenvalue weighted by atomic mass is 16.6. The van der Waals surface area contributed by atoms with Gasteiger partial charge >= 0.3 is 5.97 Å². The lowest BCUT2D eigenvalue weighted by Crippen LogP contribution is -2.13. The number of hydrogen-bond acceptors (Lipinski definition) is 3. The van der Waals surface area contributed by atoms with E-state index in [0.717, 1.165) is 24.8 Å². The van der Waals surface area contributed by atoms with Gasteiger partial charge in [0.2, 0.25) is 0 Å². The number of ether oxygens (including phenoxy) is 2. The van der Waals surface area contributed by atoms with Gasteiger partial charge in [-0.25, -0.2) is 4.79 Å². The lowest BCUT2D eigenvalue weighted by Gasteiger charge is -2.01. The third-order valence-corrected chi connectivity index (χ3v) is 3.12. The van der Waals surface area contributed by atoms with Crippen LogP contribution in [0.15, 0.2) is 24.3 Å². The number of esters is 1. The zero-order chi connectivity index (χ0) is 13.0. The largest absolute Gasteiger partial charge is 0.464 e. The number of unbranched alkanes of at least 4 members (excludes halogenated alkanes) is 2. The molecule has 0 bridgehead atoms. The summed E-state index contributed by atoms with van der Waals surface area (Å²) >= 11 is 0. The molecular weight excluding hydrogens is 228 g/mol. The molecule has 1 aliphatic heterocycles. The van der Waals surface area contributed by atoms with Gasteiger partial charge in [-0.15, -0.1) is 0 Å². The van der Waals surface area contributed by atoms with E-state index < -0.39 is 6.10 Å². The second-order valence-corrected chi connectivity index (χ2v) is 4.76. The number of carbonyl (C=O) groups is 1. The van der Waals surface area contributed by atoms with Crippen LogP contribution in [0.1, 0.15) is 43.4 Å². The second kappa shape index (κ2) is 6.01. The van der Waals surface area contributed by atoms with Gasteiger partial charge in [0.1, 0.15) is 6.10 Å². The zero-order valence-electron chi connectivity index (χ0n) is 11.0. The lowest BCUT2D eigenvalue weighted by molar-refractivity contribution is -0.145. The minimum absolute atomic E-state index is 0.107. The van der Waals surface area contributed by atoms with E-state index in [0.29, 0.717) is 6.61 Å². The summed E-state index contributed by atoms with van der Waals surface area (Å²) in [7, 11) is 0. The molecule has 1 aromatic rings. The highest BCUT2D eigenvalue weighted by Gasteiger charge is 2.47. The SMILES string of the molecule is CCCCCOC(=O)C1OC1c1ccc(C)cc1. The van der Waals surface area contributed by atoms with Crippen LogP contribution in [0, 0.1) is 6.92 Å². The van der Waals surface area contributed by atoms with E-state index in [2.05, 4.69) is 6.92 Å². The number of benzene rings is 1. The Morgan fingerprint density at radius 2 is 2.00 bits per heavy atom. The predicted molar refractivity (Wildman–Crippen MR) is 69.3 cm³/mol. The summed E-state index contributed by atoms with van der Waals surface area (Å²) in [4.78, 5) is 11.7. The van der Waals surface area contributed by atoms with Crippen LogP contribution >= 0.6 is 0 Å². The van der Waals surface area contributed by atoms with Gasteiger partial charge in [0, 0.05) is 0 Å². The number of carbonyl (C=O) groups excluding carboxylic acids is 1. The van der Waals surface area contributed by atoms with Gasteiger partial charge < -0.3 is 9.47 Å². The molecule has 0 aliphatic carbocycles. The fraction of sp³-hybridized carbons (Fsp3) is 0.533. The molecular formula is C15H20O3. The molecule has 0 aromatic heterocycles. The number of rotatable bonds is 6. The summed E-state index contributed by atoms with van der Waals surface area (Å²) in [5.41, 5.74) is 2.26. The number of hydrogen-bond donors (Lipinski definition) is 0. The van der Waals surface area contributed by atoms with Gasteiger partial charge in [-0.3, -0.25) is 0 Å². The molecule has 2 atom stereocenters. The van der Waals surface area contributed by atoms with Crippen molar-refractivity contribution in [3.8, 4) is 0 Å². The van der Waals surface area contributed by atoms with Gasteiger partial charge in [0.25, 0.3) is 0 Å². The van der Waals surface area contributed by atoms with Crippen LogP contribution in [0.3, 0.4) is 0 Å². The van der Waals surface area contributed by atoms with Crippen molar-refractivity contribution in [1.82, 2.24) is 0 Å². The molecule has 1 heterocycles. The van der Waals surface area contributed by atoms with Gasteiger partial charge in [0.15, 0.2) is 6.10 Å². The first-order valence-corrected chi connectivity index (χ1v) is 6.61. The Morgan fingerprint density at radius 1 is 1.28 bits per heavy atom. The van der Waals surface area contributed by atoms with Crippen LogP contribution < -0.4 is 0 Å². The number of aryl methyl sites for hydroxylation is 1. The molecule has 1 fully saturated rings. The van der Waals surface area contributed by atoms with Crippen molar-refractivity contribution >= 4 is 5.97 Å². The summed E-state index contributed by atoms with van der Waals surface area (Å²) in [5.74, 6) is -0.225. The summed E-state index contributed by atoms with van der Waals surface area (Å²) < 4.78 is 10.6. The summed E-state index contributed by atoms with van der Waals surface area (Å²) in [6.45, 7) is 4.67. The van der Waals surface area contributed by atoms with Crippen LogP contribution in [-0.4, -0.2) is 18.7 Å².